The maximum atomic E-state index is 12.7. The minimum Gasteiger partial charge on any atom is -0.282 e. The molecule has 2 heterocycles. The summed E-state index contributed by atoms with van der Waals surface area (Å²) in [5.41, 5.74) is 5.43. The summed E-state index contributed by atoms with van der Waals surface area (Å²) in [5.74, 6) is 0. The maximum absolute atomic E-state index is 12.7. The fourth-order valence-electron chi connectivity index (χ4n) is 2.88. The zero-order valence-electron chi connectivity index (χ0n) is 14.1. The Bertz CT molecular complexity index is 850. The third-order valence-corrected chi connectivity index (χ3v) is 4.63. The van der Waals surface area contributed by atoms with Crippen LogP contribution < -0.4 is 0 Å². The number of hydrogen-bond acceptors (Lipinski definition) is 2. The second kappa shape index (κ2) is 7.35. The van der Waals surface area contributed by atoms with E-state index in [1.807, 2.05) is 30.8 Å². The molecule has 0 saturated heterocycles. The van der Waals surface area contributed by atoms with E-state index in [1.165, 1.54) is 5.56 Å². The molecule has 4 nitrogen and oxygen atoms in total. The highest BCUT2D eigenvalue weighted by molar-refractivity contribution is 6.31. The van der Waals surface area contributed by atoms with Gasteiger partial charge in [0, 0.05) is 35.4 Å². The monoisotopic (exact) mass is 364 g/mol. The van der Waals surface area contributed by atoms with Crippen LogP contribution in [0.15, 0.2) is 30.6 Å². The molecule has 25 heavy (non-hydrogen) atoms. The highest BCUT2D eigenvalue weighted by atomic mass is 35.5. The summed E-state index contributed by atoms with van der Waals surface area (Å²) in [6.07, 6.45) is 1.72. The average molecular weight is 365 g/mol. The predicted molar refractivity (Wildman–Crippen MR) is 94.1 cm³/mol. The minimum atomic E-state index is -2.42. The Morgan fingerprint density at radius 2 is 2.04 bits per heavy atom. The number of aromatic amines is 1. The van der Waals surface area contributed by atoms with E-state index in [0.717, 1.165) is 35.5 Å². The van der Waals surface area contributed by atoms with E-state index in [-0.39, 0.29) is 6.42 Å². The van der Waals surface area contributed by atoms with Gasteiger partial charge in [0.15, 0.2) is 0 Å². The first-order chi connectivity index (χ1) is 11.9. The molecule has 1 aromatic carbocycles. The van der Waals surface area contributed by atoms with Crippen molar-refractivity contribution in [2.45, 2.75) is 39.7 Å². The van der Waals surface area contributed by atoms with Crippen molar-refractivity contribution in [1.29, 1.82) is 0 Å². The van der Waals surface area contributed by atoms with Crippen molar-refractivity contribution >= 4 is 11.6 Å². The van der Waals surface area contributed by atoms with Gasteiger partial charge in [-0.1, -0.05) is 17.7 Å². The fraction of sp³-hybridized carbons (Fsp3) is 0.333. The predicted octanol–water partition coefficient (Wildman–Crippen LogP) is 4.59. The molecule has 3 rings (SSSR count). The van der Waals surface area contributed by atoms with Gasteiger partial charge in [-0.3, -0.25) is 9.78 Å². The number of aryl methyl sites for hydroxylation is 3. The Labute approximate surface area is 149 Å². The van der Waals surface area contributed by atoms with Crippen molar-refractivity contribution in [1.82, 2.24) is 20.0 Å². The molecule has 0 saturated carbocycles. The summed E-state index contributed by atoms with van der Waals surface area (Å²) in [6, 6.07) is 5.19. The van der Waals surface area contributed by atoms with Gasteiger partial charge in [-0.2, -0.15) is 10.2 Å². The standard InChI is InChI=1S/C18H19ClF2N4/c1-11-16(12(2)24-23-11)5-6-25-10-15(9-22-25)13-3-4-17(19)14(7-13)8-18(20)21/h3-4,7,9-10,18H,5-6,8H2,1-2H3,(H,23,24). The van der Waals surface area contributed by atoms with Crippen LogP contribution in [0.4, 0.5) is 8.78 Å². The molecule has 0 aliphatic heterocycles. The van der Waals surface area contributed by atoms with Gasteiger partial charge in [0.05, 0.1) is 11.9 Å². The number of hydrogen-bond donors (Lipinski definition) is 1. The number of nitrogens with zero attached hydrogens (tertiary/aromatic N) is 3. The molecule has 0 unspecified atom stereocenters. The highest BCUT2D eigenvalue weighted by Gasteiger charge is 2.11. The van der Waals surface area contributed by atoms with Crippen LogP contribution in [0.25, 0.3) is 11.1 Å². The third kappa shape index (κ3) is 4.07. The lowest BCUT2D eigenvalue weighted by Crippen LogP contribution is -2.02. The lowest BCUT2D eigenvalue weighted by atomic mass is 10.0. The fourth-order valence-corrected chi connectivity index (χ4v) is 3.08. The molecule has 0 aliphatic carbocycles. The van der Waals surface area contributed by atoms with Crippen LogP contribution in [0.3, 0.4) is 0 Å². The summed E-state index contributed by atoms with van der Waals surface area (Å²) in [5, 5.41) is 11.9. The zero-order chi connectivity index (χ0) is 18.0. The Morgan fingerprint density at radius 1 is 1.24 bits per heavy atom. The number of aromatic nitrogens is 4. The van der Waals surface area contributed by atoms with Crippen LogP contribution >= 0.6 is 11.6 Å². The molecule has 3 aromatic rings. The van der Waals surface area contributed by atoms with Gasteiger partial charge >= 0.3 is 0 Å². The van der Waals surface area contributed by atoms with Crippen LogP contribution in [-0.2, 0) is 19.4 Å². The Balaban J connectivity index is 1.75. The molecular weight excluding hydrogens is 346 g/mol. The molecule has 0 fully saturated rings. The van der Waals surface area contributed by atoms with E-state index in [0.29, 0.717) is 10.6 Å². The Kier molecular flexibility index (Phi) is 5.18. The van der Waals surface area contributed by atoms with Crippen molar-refractivity contribution in [3.8, 4) is 11.1 Å². The first-order valence-electron chi connectivity index (χ1n) is 8.04. The van der Waals surface area contributed by atoms with Gasteiger partial charge in [0.1, 0.15) is 0 Å². The first-order valence-corrected chi connectivity index (χ1v) is 8.41. The lowest BCUT2D eigenvalue weighted by molar-refractivity contribution is 0.149. The van der Waals surface area contributed by atoms with E-state index in [4.69, 9.17) is 11.6 Å². The smallest absolute Gasteiger partial charge is 0.242 e. The Morgan fingerprint density at radius 3 is 2.72 bits per heavy atom. The minimum absolute atomic E-state index is 0.347. The number of nitrogens with one attached hydrogen (secondary N) is 1. The number of benzene rings is 1. The Hall–Kier alpha value is -2.21. The summed E-state index contributed by atoms with van der Waals surface area (Å²) in [4.78, 5) is 0. The van der Waals surface area contributed by atoms with Crippen LogP contribution in [0.2, 0.25) is 5.02 Å². The van der Waals surface area contributed by atoms with Gasteiger partial charge < -0.3 is 0 Å². The number of alkyl halides is 2. The summed E-state index contributed by atoms with van der Waals surface area (Å²) in [7, 11) is 0. The molecule has 0 aliphatic rings. The SMILES string of the molecule is Cc1n[nH]c(C)c1CCn1cc(-c2ccc(Cl)c(CC(F)F)c2)cn1. The second-order valence-corrected chi connectivity index (χ2v) is 6.46. The second-order valence-electron chi connectivity index (χ2n) is 6.06. The highest BCUT2D eigenvalue weighted by Crippen LogP contribution is 2.26. The van der Waals surface area contributed by atoms with Gasteiger partial charge in [-0.05, 0) is 49.1 Å². The quantitative estimate of drug-likeness (QED) is 0.695. The van der Waals surface area contributed by atoms with Crippen molar-refractivity contribution in [2.24, 2.45) is 0 Å². The van der Waals surface area contributed by atoms with Crippen molar-refractivity contribution in [3.63, 3.8) is 0 Å². The molecule has 7 heteroatoms. The summed E-state index contributed by atoms with van der Waals surface area (Å²) >= 11 is 6.01. The summed E-state index contributed by atoms with van der Waals surface area (Å²) in [6.45, 7) is 4.70. The van der Waals surface area contributed by atoms with Crippen molar-refractivity contribution in [2.75, 3.05) is 0 Å². The molecule has 132 valence electrons. The lowest BCUT2D eigenvalue weighted by Gasteiger charge is -2.06. The molecule has 0 spiro atoms. The normalized spacial score (nSPS) is 11.4. The zero-order valence-corrected chi connectivity index (χ0v) is 14.8. The van der Waals surface area contributed by atoms with Crippen molar-refractivity contribution < 1.29 is 8.78 Å². The largest absolute Gasteiger partial charge is 0.282 e. The van der Waals surface area contributed by atoms with Crippen LogP contribution in [0.5, 0.6) is 0 Å². The van der Waals surface area contributed by atoms with Crippen LogP contribution in [0.1, 0.15) is 22.5 Å². The van der Waals surface area contributed by atoms with E-state index >= 15 is 0 Å². The molecule has 1 N–H and O–H groups in total. The van der Waals surface area contributed by atoms with Crippen LogP contribution in [-0.4, -0.2) is 26.4 Å². The molecular formula is C18H19ClF2N4. The van der Waals surface area contributed by atoms with E-state index in [2.05, 4.69) is 15.3 Å². The van der Waals surface area contributed by atoms with Gasteiger partial charge in [0.25, 0.3) is 0 Å². The topological polar surface area (TPSA) is 46.5 Å². The number of halogens is 3. The number of H-pyrrole nitrogens is 1. The van der Waals surface area contributed by atoms with Gasteiger partial charge in [-0.15, -0.1) is 0 Å². The molecule has 2 aromatic heterocycles. The van der Waals surface area contributed by atoms with Gasteiger partial charge in [-0.25, -0.2) is 8.78 Å². The van der Waals surface area contributed by atoms with Gasteiger partial charge in [0.2, 0.25) is 6.43 Å². The summed E-state index contributed by atoms with van der Waals surface area (Å²) < 4.78 is 27.2. The molecule has 0 bridgehead atoms. The van der Waals surface area contributed by atoms with Crippen molar-refractivity contribution in [3.05, 3.63) is 58.1 Å². The first kappa shape index (κ1) is 17.6. The number of rotatable bonds is 6. The molecule has 0 atom stereocenters. The average Bonchev–Trinajstić information content (AvgIpc) is 3.15. The van der Waals surface area contributed by atoms with Crippen LogP contribution in [0, 0.1) is 13.8 Å². The molecule has 0 amide bonds. The third-order valence-electron chi connectivity index (χ3n) is 4.26. The van der Waals surface area contributed by atoms with E-state index in [9.17, 15) is 8.78 Å². The molecule has 0 radical (unpaired) electrons. The van der Waals surface area contributed by atoms with E-state index < -0.39 is 6.43 Å². The maximum Gasteiger partial charge on any atom is 0.242 e. The van der Waals surface area contributed by atoms with E-state index in [1.54, 1.807) is 18.3 Å².